The number of amides is 1. The monoisotopic (exact) mass is 434 g/mol. The number of alkyl halides is 3. The van der Waals surface area contributed by atoms with Crippen LogP contribution < -0.4 is 5.32 Å². The predicted octanol–water partition coefficient (Wildman–Crippen LogP) is 3.64. The minimum absolute atomic E-state index is 0.0141. The molecule has 1 fully saturated rings. The Morgan fingerprint density at radius 1 is 1.14 bits per heavy atom. The molecule has 1 N–H and O–H groups in total. The number of rotatable bonds is 5. The van der Waals surface area contributed by atoms with Gasteiger partial charge in [0.15, 0.2) is 9.84 Å². The van der Waals surface area contributed by atoms with Crippen LogP contribution in [0.3, 0.4) is 0 Å². The van der Waals surface area contributed by atoms with Gasteiger partial charge in [-0.05, 0) is 64.7 Å². The van der Waals surface area contributed by atoms with Crippen molar-refractivity contribution in [2.24, 2.45) is 0 Å². The van der Waals surface area contributed by atoms with Gasteiger partial charge in [0.05, 0.1) is 22.3 Å². The first-order chi connectivity index (χ1) is 13.2. The number of nitrogens with zero attached hydrogens (tertiary/aromatic N) is 1. The first kappa shape index (κ1) is 23.7. The molecule has 1 aliphatic rings. The van der Waals surface area contributed by atoms with Crippen molar-refractivity contribution in [1.82, 2.24) is 10.2 Å². The van der Waals surface area contributed by atoms with E-state index in [0.717, 1.165) is 12.1 Å². The molecule has 9 heteroatoms. The third-order valence-electron chi connectivity index (χ3n) is 5.53. The zero-order valence-corrected chi connectivity index (χ0v) is 18.0. The Morgan fingerprint density at radius 2 is 1.72 bits per heavy atom. The number of hydrogen-bond donors (Lipinski definition) is 1. The molecule has 2 rings (SSSR count). The molecule has 0 aromatic heterocycles. The zero-order valence-electron chi connectivity index (χ0n) is 17.2. The summed E-state index contributed by atoms with van der Waals surface area (Å²) in [5.74, 6) is -0.0452. The summed E-state index contributed by atoms with van der Waals surface area (Å²) in [6.45, 7) is 5.99. The molecule has 0 aliphatic heterocycles. The lowest BCUT2D eigenvalue weighted by Gasteiger charge is -2.33. The maximum Gasteiger partial charge on any atom is 0.416 e. The van der Waals surface area contributed by atoms with E-state index in [0.29, 0.717) is 31.7 Å². The predicted molar refractivity (Wildman–Crippen MR) is 105 cm³/mol. The summed E-state index contributed by atoms with van der Waals surface area (Å²) < 4.78 is 64.3. The maximum absolute atomic E-state index is 12.9. The van der Waals surface area contributed by atoms with Crippen molar-refractivity contribution >= 4 is 15.7 Å². The smallest absolute Gasteiger partial charge is 0.340 e. The summed E-state index contributed by atoms with van der Waals surface area (Å²) >= 11 is 0. The van der Waals surface area contributed by atoms with Crippen molar-refractivity contribution < 1.29 is 26.4 Å². The Hall–Kier alpha value is -1.61. The number of nitrogens with one attached hydrogen (secondary N) is 1. The van der Waals surface area contributed by atoms with Crippen molar-refractivity contribution in [1.29, 1.82) is 0 Å². The van der Waals surface area contributed by atoms with Gasteiger partial charge < -0.3 is 10.2 Å². The Balaban J connectivity index is 1.96. The highest BCUT2D eigenvalue weighted by molar-refractivity contribution is 7.92. The Kier molecular flexibility index (Phi) is 7.05. The van der Waals surface area contributed by atoms with Crippen molar-refractivity contribution in [3.8, 4) is 0 Å². The standard InChI is InChI=1S/C20H29F3N2O3S/c1-19(2,3)25(4)18(26)13-24-15-8-10-16(11-9-15)29(27,28)17-7-5-6-14(12-17)20(21,22)23/h5-7,12,15-16,24H,8-11,13H2,1-4H3/t15-,16-. The van der Waals surface area contributed by atoms with E-state index in [9.17, 15) is 26.4 Å². The summed E-state index contributed by atoms with van der Waals surface area (Å²) in [5.41, 5.74) is -1.24. The van der Waals surface area contributed by atoms with Crippen LogP contribution in [0.25, 0.3) is 0 Å². The molecule has 1 aromatic carbocycles. The van der Waals surface area contributed by atoms with Crippen molar-refractivity contribution in [2.45, 2.75) is 74.4 Å². The van der Waals surface area contributed by atoms with Gasteiger partial charge in [0, 0.05) is 18.6 Å². The largest absolute Gasteiger partial charge is 0.416 e. The van der Waals surface area contributed by atoms with E-state index >= 15 is 0 Å². The van der Waals surface area contributed by atoms with E-state index in [-0.39, 0.29) is 28.9 Å². The molecular weight excluding hydrogens is 405 g/mol. The molecule has 1 amide bonds. The van der Waals surface area contributed by atoms with Crippen molar-refractivity contribution in [2.75, 3.05) is 13.6 Å². The molecule has 0 atom stereocenters. The van der Waals surface area contributed by atoms with Crippen LogP contribution in [0.5, 0.6) is 0 Å². The lowest BCUT2D eigenvalue weighted by Crippen LogP contribution is -2.48. The van der Waals surface area contributed by atoms with Gasteiger partial charge in [-0.2, -0.15) is 13.2 Å². The van der Waals surface area contributed by atoms with E-state index in [1.54, 1.807) is 11.9 Å². The first-order valence-corrected chi connectivity index (χ1v) is 11.2. The van der Waals surface area contributed by atoms with Gasteiger partial charge in [0.2, 0.25) is 5.91 Å². The Morgan fingerprint density at radius 3 is 2.24 bits per heavy atom. The van der Waals surface area contributed by atoms with Crippen LogP contribution in [-0.4, -0.2) is 49.6 Å². The number of carbonyl (C=O) groups excluding carboxylic acids is 1. The minimum atomic E-state index is -4.58. The lowest BCUT2D eigenvalue weighted by molar-refractivity contribution is -0.137. The minimum Gasteiger partial charge on any atom is -0.340 e. The van der Waals surface area contributed by atoms with Crippen molar-refractivity contribution in [3.05, 3.63) is 29.8 Å². The van der Waals surface area contributed by atoms with Crippen molar-refractivity contribution in [3.63, 3.8) is 0 Å². The third kappa shape index (κ3) is 5.94. The maximum atomic E-state index is 12.9. The molecule has 0 radical (unpaired) electrons. The van der Waals surface area contributed by atoms with Crippen LogP contribution in [0.15, 0.2) is 29.2 Å². The number of halogens is 3. The number of carbonyl (C=O) groups is 1. The molecule has 0 unspecified atom stereocenters. The number of hydrogen-bond acceptors (Lipinski definition) is 4. The molecule has 1 saturated carbocycles. The normalized spacial score (nSPS) is 21.1. The fraction of sp³-hybridized carbons (Fsp3) is 0.650. The molecule has 0 bridgehead atoms. The highest BCUT2D eigenvalue weighted by Gasteiger charge is 2.35. The van der Waals surface area contributed by atoms with Gasteiger partial charge in [-0.1, -0.05) is 6.07 Å². The van der Waals surface area contributed by atoms with E-state index < -0.39 is 26.8 Å². The average Bonchev–Trinajstić information content (AvgIpc) is 2.64. The summed E-state index contributed by atoms with van der Waals surface area (Å²) in [6.07, 6.45) is -2.79. The van der Waals surface area contributed by atoms with Crippen LogP contribution in [0.2, 0.25) is 0 Å². The van der Waals surface area contributed by atoms with Gasteiger partial charge in [0.1, 0.15) is 0 Å². The molecule has 164 valence electrons. The first-order valence-electron chi connectivity index (χ1n) is 9.64. The molecule has 0 heterocycles. The molecular formula is C20H29F3N2O3S. The second kappa shape index (κ2) is 8.63. The van der Waals surface area contributed by atoms with Crippen LogP contribution in [0.4, 0.5) is 13.2 Å². The SMILES string of the molecule is CN(C(=O)CN[C@H]1CC[C@H](S(=O)(=O)c2cccc(C(F)(F)F)c2)CC1)C(C)(C)C. The van der Waals surface area contributed by atoms with Gasteiger partial charge in [0.25, 0.3) is 0 Å². The highest BCUT2D eigenvalue weighted by atomic mass is 32.2. The second-order valence-electron chi connectivity index (χ2n) is 8.55. The van der Waals surface area contributed by atoms with Crippen LogP contribution in [0, 0.1) is 0 Å². The van der Waals surface area contributed by atoms with Gasteiger partial charge >= 0.3 is 6.18 Å². The number of sulfone groups is 1. The molecule has 5 nitrogen and oxygen atoms in total. The summed E-state index contributed by atoms with van der Waals surface area (Å²) in [5, 5.41) is 2.47. The third-order valence-corrected chi connectivity index (χ3v) is 7.79. The molecule has 0 spiro atoms. The second-order valence-corrected chi connectivity index (χ2v) is 10.8. The van der Waals surface area contributed by atoms with Gasteiger partial charge in [-0.3, -0.25) is 4.79 Å². The average molecular weight is 435 g/mol. The quantitative estimate of drug-likeness (QED) is 0.769. The molecule has 1 aromatic rings. The van der Waals surface area contributed by atoms with Gasteiger partial charge in [-0.15, -0.1) is 0 Å². The molecule has 1 aliphatic carbocycles. The fourth-order valence-corrected chi connectivity index (χ4v) is 5.18. The van der Waals surface area contributed by atoms with Crippen LogP contribution in [-0.2, 0) is 20.8 Å². The summed E-state index contributed by atoms with van der Waals surface area (Å²) in [6, 6.07) is 3.93. The number of likely N-dealkylation sites (N-methyl/N-ethyl adjacent to an activating group) is 1. The highest BCUT2D eigenvalue weighted by Crippen LogP contribution is 2.33. The molecule has 29 heavy (non-hydrogen) atoms. The van der Waals surface area contributed by atoms with Gasteiger partial charge in [-0.25, -0.2) is 8.42 Å². The van der Waals surface area contributed by atoms with Crippen LogP contribution in [0.1, 0.15) is 52.0 Å². The van der Waals surface area contributed by atoms with Crippen LogP contribution >= 0.6 is 0 Å². The zero-order chi connectivity index (χ0) is 22.0. The fourth-order valence-electron chi connectivity index (χ4n) is 3.34. The molecule has 0 saturated heterocycles. The Bertz CT molecular complexity index is 824. The van der Waals surface area contributed by atoms with E-state index in [4.69, 9.17) is 0 Å². The van der Waals surface area contributed by atoms with E-state index in [1.807, 2.05) is 20.8 Å². The lowest BCUT2D eigenvalue weighted by atomic mass is 9.95. The van der Waals surface area contributed by atoms with E-state index in [1.165, 1.54) is 6.07 Å². The topological polar surface area (TPSA) is 66.5 Å². The number of benzene rings is 1. The van der Waals surface area contributed by atoms with E-state index in [2.05, 4.69) is 5.32 Å². The summed E-state index contributed by atoms with van der Waals surface area (Å²) in [7, 11) is -2.10. The Labute approximate surface area is 170 Å². The summed E-state index contributed by atoms with van der Waals surface area (Å²) in [4.78, 5) is 13.6.